The van der Waals surface area contributed by atoms with Crippen molar-refractivity contribution in [2.75, 3.05) is 6.61 Å². The lowest BCUT2D eigenvalue weighted by Gasteiger charge is -2.05. The van der Waals surface area contributed by atoms with Gasteiger partial charge in [-0.05, 0) is 54.8 Å². The maximum Gasteiger partial charge on any atom is 0.279 e. The van der Waals surface area contributed by atoms with Gasteiger partial charge in [0.05, 0.1) is 16.8 Å². The highest BCUT2D eigenvalue weighted by molar-refractivity contribution is 7.16. The Bertz CT molecular complexity index is 1220. The molecule has 152 valence electrons. The van der Waals surface area contributed by atoms with Crippen LogP contribution in [0, 0.1) is 0 Å². The quantitative estimate of drug-likeness (QED) is 0.392. The van der Waals surface area contributed by atoms with Crippen molar-refractivity contribution >= 4 is 27.5 Å². The van der Waals surface area contributed by atoms with Gasteiger partial charge in [-0.25, -0.2) is 0 Å². The molecule has 0 atom stereocenters. The van der Waals surface area contributed by atoms with Crippen LogP contribution in [-0.4, -0.2) is 17.1 Å². The number of thiazole rings is 1. The van der Waals surface area contributed by atoms with E-state index in [1.165, 1.54) is 11.3 Å². The molecule has 1 heterocycles. The first-order valence-electron chi connectivity index (χ1n) is 10.2. The van der Waals surface area contributed by atoms with E-state index in [-0.39, 0.29) is 5.91 Å². The highest BCUT2D eigenvalue weighted by Crippen LogP contribution is 2.24. The Morgan fingerprint density at radius 2 is 1.70 bits per heavy atom. The summed E-state index contributed by atoms with van der Waals surface area (Å²) in [5, 5.41) is 0. The Morgan fingerprint density at radius 3 is 2.40 bits per heavy atom. The first-order valence-corrected chi connectivity index (χ1v) is 11.0. The highest BCUT2D eigenvalue weighted by atomic mass is 32.1. The molecule has 3 aromatic carbocycles. The number of ether oxygens (including phenoxy) is 1. The van der Waals surface area contributed by atoms with E-state index in [1.807, 2.05) is 67.6 Å². The number of nitrogens with zero attached hydrogens (tertiary/aromatic N) is 2. The number of rotatable bonds is 6. The van der Waals surface area contributed by atoms with Gasteiger partial charge in [0.1, 0.15) is 5.75 Å². The molecule has 5 heteroatoms. The molecule has 1 aromatic heterocycles. The predicted octanol–water partition coefficient (Wildman–Crippen LogP) is 5.92. The van der Waals surface area contributed by atoms with Gasteiger partial charge in [0.25, 0.3) is 5.91 Å². The number of amides is 1. The van der Waals surface area contributed by atoms with Crippen LogP contribution in [0.2, 0.25) is 0 Å². The first kappa shape index (κ1) is 20.1. The molecule has 0 saturated heterocycles. The largest absolute Gasteiger partial charge is 0.494 e. The van der Waals surface area contributed by atoms with E-state index in [0.717, 1.165) is 44.9 Å². The van der Waals surface area contributed by atoms with Gasteiger partial charge >= 0.3 is 0 Å². The maximum atomic E-state index is 12.9. The van der Waals surface area contributed by atoms with Crippen LogP contribution < -0.4 is 9.54 Å². The summed E-state index contributed by atoms with van der Waals surface area (Å²) in [6.45, 7) is 5.53. The van der Waals surface area contributed by atoms with Crippen molar-refractivity contribution in [3.63, 3.8) is 0 Å². The van der Waals surface area contributed by atoms with Crippen molar-refractivity contribution in [3.05, 3.63) is 83.2 Å². The summed E-state index contributed by atoms with van der Waals surface area (Å²) in [5.74, 6) is 0.611. The van der Waals surface area contributed by atoms with E-state index in [2.05, 4.69) is 28.6 Å². The predicted molar refractivity (Wildman–Crippen MR) is 123 cm³/mol. The van der Waals surface area contributed by atoms with Crippen molar-refractivity contribution in [1.82, 2.24) is 4.57 Å². The Hall–Kier alpha value is -3.18. The van der Waals surface area contributed by atoms with E-state index < -0.39 is 0 Å². The standard InChI is InChI=1S/C25H24N2O2S/c1-3-16-27-22-15-14-21(29-4-2)17-23(22)30-25(27)26-24(28)20-12-10-19(11-13-20)18-8-6-5-7-9-18/h5-15,17H,3-4,16H2,1-2H3. The van der Waals surface area contributed by atoms with Gasteiger partial charge < -0.3 is 9.30 Å². The molecule has 1 amide bonds. The summed E-state index contributed by atoms with van der Waals surface area (Å²) >= 11 is 1.52. The second-order valence-corrected chi connectivity index (χ2v) is 7.97. The number of hydrogen-bond acceptors (Lipinski definition) is 3. The normalized spacial score (nSPS) is 11.7. The molecule has 4 nitrogen and oxygen atoms in total. The van der Waals surface area contributed by atoms with Gasteiger partial charge in [-0.1, -0.05) is 60.7 Å². The van der Waals surface area contributed by atoms with Crippen LogP contribution in [0.3, 0.4) is 0 Å². The summed E-state index contributed by atoms with van der Waals surface area (Å²) in [4.78, 5) is 18.1. The molecule has 4 rings (SSSR count). The lowest BCUT2D eigenvalue weighted by Crippen LogP contribution is -2.16. The Labute approximate surface area is 180 Å². The van der Waals surface area contributed by atoms with Crippen LogP contribution >= 0.6 is 11.3 Å². The molecular formula is C25H24N2O2S. The maximum absolute atomic E-state index is 12.9. The van der Waals surface area contributed by atoms with Crippen molar-refractivity contribution in [1.29, 1.82) is 0 Å². The molecule has 30 heavy (non-hydrogen) atoms. The molecule has 0 saturated carbocycles. The number of aryl methyl sites for hydroxylation is 1. The second kappa shape index (κ2) is 9.09. The van der Waals surface area contributed by atoms with Crippen molar-refractivity contribution < 1.29 is 9.53 Å². The minimum atomic E-state index is -0.226. The molecular weight excluding hydrogens is 392 g/mol. The van der Waals surface area contributed by atoms with E-state index in [1.54, 1.807) is 0 Å². The lowest BCUT2D eigenvalue weighted by molar-refractivity contribution is 0.0998. The molecule has 0 fully saturated rings. The molecule has 0 aliphatic heterocycles. The topological polar surface area (TPSA) is 43.6 Å². The zero-order valence-electron chi connectivity index (χ0n) is 17.2. The van der Waals surface area contributed by atoms with Crippen LogP contribution in [0.1, 0.15) is 30.6 Å². The fraction of sp³-hybridized carbons (Fsp3) is 0.200. The number of carbonyl (C=O) groups is 1. The highest BCUT2D eigenvalue weighted by Gasteiger charge is 2.10. The van der Waals surface area contributed by atoms with Crippen LogP contribution in [0.4, 0.5) is 0 Å². The fourth-order valence-corrected chi connectivity index (χ4v) is 4.51. The second-order valence-electron chi connectivity index (χ2n) is 6.96. The molecule has 0 aliphatic carbocycles. The van der Waals surface area contributed by atoms with Crippen LogP contribution in [-0.2, 0) is 6.54 Å². The SMILES string of the molecule is CCCn1c(=NC(=O)c2ccc(-c3ccccc3)cc2)sc2cc(OCC)ccc21. The molecule has 0 aliphatic rings. The monoisotopic (exact) mass is 416 g/mol. The molecule has 0 radical (unpaired) electrons. The van der Waals surface area contributed by atoms with Crippen LogP contribution in [0.5, 0.6) is 5.75 Å². The third-order valence-corrected chi connectivity index (χ3v) is 5.89. The zero-order chi connectivity index (χ0) is 20.9. The van der Waals surface area contributed by atoms with Gasteiger partial charge in [-0.15, -0.1) is 0 Å². The van der Waals surface area contributed by atoms with Gasteiger partial charge in [0, 0.05) is 12.1 Å². The van der Waals surface area contributed by atoms with Gasteiger partial charge in [0.2, 0.25) is 0 Å². The molecule has 0 spiro atoms. The third kappa shape index (κ3) is 4.21. The van der Waals surface area contributed by atoms with Gasteiger partial charge in [-0.3, -0.25) is 4.79 Å². The summed E-state index contributed by atoms with van der Waals surface area (Å²) < 4.78 is 8.81. The van der Waals surface area contributed by atoms with Crippen molar-refractivity contribution in [2.45, 2.75) is 26.8 Å². The van der Waals surface area contributed by atoms with Crippen molar-refractivity contribution in [2.24, 2.45) is 4.99 Å². The summed E-state index contributed by atoms with van der Waals surface area (Å²) in [7, 11) is 0. The number of benzene rings is 3. The van der Waals surface area contributed by atoms with E-state index in [9.17, 15) is 4.79 Å². The number of hydrogen-bond donors (Lipinski definition) is 0. The van der Waals surface area contributed by atoms with E-state index >= 15 is 0 Å². The smallest absolute Gasteiger partial charge is 0.279 e. The average molecular weight is 417 g/mol. The van der Waals surface area contributed by atoms with E-state index in [4.69, 9.17) is 4.74 Å². The molecule has 0 bridgehead atoms. The zero-order valence-corrected chi connectivity index (χ0v) is 18.0. The van der Waals surface area contributed by atoms with Gasteiger partial charge in [-0.2, -0.15) is 4.99 Å². The number of carbonyl (C=O) groups excluding carboxylic acids is 1. The average Bonchev–Trinajstić information content (AvgIpc) is 3.11. The lowest BCUT2D eigenvalue weighted by atomic mass is 10.0. The van der Waals surface area contributed by atoms with Gasteiger partial charge in [0.15, 0.2) is 4.80 Å². The van der Waals surface area contributed by atoms with Crippen LogP contribution in [0.25, 0.3) is 21.3 Å². The number of aromatic nitrogens is 1. The number of fused-ring (bicyclic) bond motifs is 1. The fourth-order valence-electron chi connectivity index (χ4n) is 3.42. The van der Waals surface area contributed by atoms with Crippen molar-refractivity contribution in [3.8, 4) is 16.9 Å². The Kier molecular flexibility index (Phi) is 6.10. The summed E-state index contributed by atoms with van der Waals surface area (Å²) in [6.07, 6.45) is 0.964. The molecule has 0 unspecified atom stereocenters. The Balaban J connectivity index is 1.69. The molecule has 0 N–H and O–H groups in total. The minimum Gasteiger partial charge on any atom is -0.494 e. The molecule has 4 aromatic rings. The summed E-state index contributed by atoms with van der Waals surface area (Å²) in [5.41, 5.74) is 3.88. The third-order valence-electron chi connectivity index (χ3n) is 4.85. The van der Waals surface area contributed by atoms with Crippen LogP contribution in [0.15, 0.2) is 77.8 Å². The van der Waals surface area contributed by atoms with E-state index in [0.29, 0.717) is 12.2 Å². The Morgan fingerprint density at radius 1 is 0.967 bits per heavy atom. The summed E-state index contributed by atoms with van der Waals surface area (Å²) in [6, 6.07) is 23.8. The first-order chi connectivity index (χ1) is 14.7. The minimum absolute atomic E-state index is 0.226.